The van der Waals surface area contributed by atoms with Crippen molar-refractivity contribution in [3.63, 3.8) is 0 Å². The molecule has 1 aromatic rings. The van der Waals surface area contributed by atoms with Crippen LogP contribution in [0.4, 0.5) is 5.69 Å². The molecule has 0 aromatic heterocycles. The molecule has 9 nitrogen and oxygen atoms in total. The van der Waals surface area contributed by atoms with Gasteiger partial charge < -0.3 is 14.8 Å². The number of nitrogens with zero attached hydrogens (tertiary/aromatic N) is 1. The molecule has 0 fully saturated rings. The van der Waals surface area contributed by atoms with Crippen LogP contribution in [0.15, 0.2) is 46.8 Å². The highest BCUT2D eigenvalue weighted by Crippen LogP contribution is 2.45. The Morgan fingerprint density at radius 3 is 2.45 bits per heavy atom. The monoisotopic (exact) mass is 428 g/mol. The number of ketones is 1. The molecule has 0 radical (unpaired) electrons. The number of esters is 2. The van der Waals surface area contributed by atoms with Crippen LogP contribution in [0.2, 0.25) is 0 Å². The van der Waals surface area contributed by atoms with Crippen molar-refractivity contribution >= 4 is 23.4 Å². The summed E-state index contributed by atoms with van der Waals surface area (Å²) in [5.74, 6) is -3.75. The Balaban J connectivity index is 2.18. The second kappa shape index (κ2) is 8.71. The lowest BCUT2D eigenvalue weighted by atomic mass is 9.69. The van der Waals surface area contributed by atoms with Gasteiger partial charge in [-0.3, -0.25) is 19.7 Å². The summed E-state index contributed by atoms with van der Waals surface area (Å²) < 4.78 is 10.1. The van der Waals surface area contributed by atoms with Gasteiger partial charge in [0.05, 0.1) is 24.2 Å². The Morgan fingerprint density at radius 2 is 1.90 bits per heavy atom. The van der Waals surface area contributed by atoms with E-state index < -0.39 is 34.5 Å². The van der Waals surface area contributed by atoms with Gasteiger partial charge in [-0.05, 0) is 31.7 Å². The minimum atomic E-state index is -0.993. The largest absolute Gasteiger partial charge is 0.468 e. The normalized spacial score (nSPS) is 23.1. The van der Waals surface area contributed by atoms with E-state index in [9.17, 15) is 24.5 Å². The lowest BCUT2D eigenvalue weighted by molar-refractivity contribution is -0.384. The highest BCUT2D eigenvalue weighted by atomic mass is 16.6. The maximum atomic E-state index is 13.5. The zero-order valence-electron chi connectivity index (χ0n) is 17.8. The van der Waals surface area contributed by atoms with Gasteiger partial charge in [-0.2, -0.15) is 0 Å². The van der Waals surface area contributed by atoms with Gasteiger partial charge in [0.15, 0.2) is 5.78 Å². The summed E-state index contributed by atoms with van der Waals surface area (Å²) in [6.45, 7) is 5.34. The molecule has 1 aromatic carbocycles. The molecular formula is C22H24N2O7. The number of carbonyl (C=O) groups is 3. The standard InChI is InChI=1S/C22H24N2O7/c1-5-31-22(27)17-12(3)23-15-10-11(2)16(21(26)30-4)20(25)19(15)18(17)13-6-8-14(9-7-13)24(28)29/h6-9,11,16,18,23H,5,10H2,1-4H3/t11-,16-,18-/m1/s1. The lowest BCUT2D eigenvalue weighted by Gasteiger charge is -2.38. The van der Waals surface area contributed by atoms with Crippen LogP contribution in [0, 0.1) is 22.0 Å². The molecule has 9 heteroatoms. The molecule has 164 valence electrons. The number of benzene rings is 1. The molecule has 0 unspecified atom stereocenters. The van der Waals surface area contributed by atoms with Crippen LogP contribution in [-0.4, -0.2) is 36.4 Å². The second-order valence-electron chi connectivity index (χ2n) is 7.60. The van der Waals surface area contributed by atoms with Crippen LogP contribution in [0.25, 0.3) is 0 Å². The maximum Gasteiger partial charge on any atom is 0.336 e. The minimum absolute atomic E-state index is 0.110. The summed E-state index contributed by atoms with van der Waals surface area (Å²) in [7, 11) is 1.23. The van der Waals surface area contributed by atoms with Gasteiger partial charge in [0.25, 0.3) is 5.69 Å². The molecule has 0 saturated heterocycles. The second-order valence-corrected chi connectivity index (χ2v) is 7.60. The fraction of sp³-hybridized carbons (Fsp3) is 0.409. The van der Waals surface area contributed by atoms with Crippen molar-refractivity contribution in [1.82, 2.24) is 5.32 Å². The fourth-order valence-electron chi connectivity index (χ4n) is 4.28. The van der Waals surface area contributed by atoms with Crippen LogP contribution >= 0.6 is 0 Å². The van der Waals surface area contributed by atoms with Crippen molar-refractivity contribution in [2.75, 3.05) is 13.7 Å². The number of dihydropyridines is 1. The number of carbonyl (C=O) groups excluding carboxylic acids is 3. The Morgan fingerprint density at radius 1 is 1.26 bits per heavy atom. The molecule has 0 spiro atoms. The average Bonchev–Trinajstić information content (AvgIpc) is 2.72. The fourth-order valence-corrected chi connectivity index (χ4v) is 4.28. The first-order valence-corrected chi connectivity index (χ1v) is 9.95. The summed E-state index contributed by atoms with van der Waals surface area (Å²) in [5, 5.41) is 14.2. The third-order valence-electron chi connectivity index (χ3n) is 5.68. The third-order valence-corrected chi connectivity index (χ3v) is 5.68. The van der Waals surface area contributed by atoms with Crippen molar-refractivity contribution in [2.45, 2.75) is 33.1 Å². The van der Waals surface area contributed by atoms with Gasteiger partial charge in [0, 0.05) is 35.0 Å². The van der Waals surface area contributed by atoms with Gasteiger partial charge in [-0.15, -0.1) is 0 Å². The van der Waals surface area contributed by atoms with E-state index in [4.69, 9.17) is 9.47 Å². The minimum Gasteiger partial charge on any atom is -0.468 e. The maximum absolute atomic E-state index is 13.5. The molecule has 1 N–H and O–H groups in total. The molecule has 1 aliphatic carbocycles. The number of hydrogen-bond donors (Lipinski definition) is 1. The first-order chi connectivity index (χ1) is 14.7. The zero-order chi connectivity index (χ0) is 22.9. The lowest BCUT2D eigenvalue weighted by Crippen LogP contribution is -2.43. The zero-order valence-corrected chi connectivity index (χ0v) is 17.8. The highest BCUT2D eigenvalue weighted by molar-refractivity contribution is 6.12. The summed E-state index contributed by atoms with van der Waals surface area (Å²) in [6.07, 6.45) is 0.414. The number of ether oxygens (including phenoxy) is 2. The van der Waals surface area contributed by atoms with Gasteiger partial charge in [-0.1, -0.05) is 19.1 Å². The number of hydrogen-bond acceptors (Lipinski definition) is 8. The van der Waals surface area contributed by atoms with Crippen molar-refractivity contribution in [3.05, 3.63) is 62.5 Å². The van der Waals surface area contributed by atoms with Crippen molar-refractivity contribution in [3.8, 4) is 0 Å². The molecule has 0 saturated carbocycles. The number of nitrogens with one attached hydrogen (secondary N) is 1. The predicted molar refractivity (Wildman–Crippen MR) is 110 cm³/mol. The molecular weight excluding hydrogens is 404 g/mol. The van der Waals surface area contributed by atoms with E-state index in [1.54, 1.807) is 20.8 Å². The molecule has 1 aliphatic heterocycles. The van der Waals surface area contributed by atoms with E-state index in [0.717, 1.165) is 0 Å². The average molecular weight is 428 g/mol. The first kappa shape index (κ1) is 22.2. The van der Waals surface area contributed by atoms with Crippen LogP contribution in [0.1, 0.15) is 38.7 Å². The summed E-state index contributed by atoms with van der Waals surface area (Å²) in [5.41, 5.74) is 2.11. The summed E-state index contributed by atoms with van der Waals surface area (Å²) >= 11 is 0. The van der Waals surface area contributed by atoms with Crippen LogP contribution < -0.4 is 5.32 Å². The van der Waals surface area contributed by atoms with Crippen LogP contribution in [0.5, 0.6) is 0 Å². The Kier molecular flexibility index (Phi) is 6.24. The Hall–Kier alpha value is -3.49. The van der Waals surface area contributed by atoms with Crippen LogP contribution in [-0.2, 0) is 23.9 Å². The van der Waals surface area contributed by atoms with Crippen molar-refractivity contribution < 1.29 is 28.8 Å². The molecule has 2 aliphatic rings. The number of non-ortho nitro benzene ring substituents is 1. The molecule has 3 rings (SSSR count). The number of methoxy groups -OCH3 is 1. The van der Waals surface area contributed by atoms with E-state index in [2.05, 4.69) is 5.32 Å². The highest BCUT2D eigenvalue weighted by Gasteiger charge is 2.47. The third kappa shape index (κ3) is 3.95. The van der Waals surface area contributed by atoms with E-state index in [1.165, 1.54) is 31.4 Å². The van der Waals surface area contributed by atoms with Gasteiger partial charge in [0.2, 0.25) is 0 Å². The van der Waals surface area contributed by atoms with E-state index >= 15 is 0 Å². The smallest absolute Gasteiger partial charge is 0.336 e. The number of nitro benzene ring substituents is 1. The van der Waals surface area contributed by atoms with E-state index in [0.29, 0.717) is 23.4 Å². The molecule has 0 bridgehead atoms. The Bertz CT molecular complexity index is 1010. The van der Waals surface area contributed by atoms with Crippen molar-refractivity contribution in [1.29, 1.82) is 0 Å². The molecule has 1 heterocycles. The number of Topliss-reactive ketones (excluding diaryl/α,β-unsaturated/α-hetero) is 1. The quantitative estimate of drug-likeness (QED) is 0.328. The number of rotatable bonds is 5. The first-order valence-electron chi connectivity index (χ1n) is 9.95. The Labute approximate surface area is 179 Å². The topological polar surface area (TPSA) is 125 Å². The number of allylic oxidation sites excluding steroid dienone is 3. The summed E-state index contributed by atoms with van der Waals surface area (Å²) in [4.78, 5) is 49.2. The molecule has 3 atom stereocenters. The number of nitro groups is 1. The van der Waals surface area contributed by atoms with Crippen LogP contribution in [0.3, 0.4) is 0 Å². The molecule has 31 heavy (non-hydrogen) atoms. The van der Waals surface area contributed by atoms with Gasteiger partial charge >= 0.3 is 11.9 Å². The van der Waals surface area contributed by atoms with E-state index in [-0.39, 0.29) is 29.4 Å². The van der Waals surface area contributed by atoms with Gasteiger partial charge in [0.1, 0.15) is 5.92 Å². The molecule has 0 amide bonds. The van der Waals surface area contributed by atoms with E-state index in [1.807, 2.05) is 0 Å². The predicted octanol–water partition coefficient (Wildman–Crippen LogP) is 2.77. The van der Waals surface area contributed by atoms with Gasteiger partial charge in [-0.25, -0.2) is 4.79 Å². The SMILES string of the molecule is CCOC(=O)C1=C(C)NC2=C(C(=O)[C@H](C(=O)OC)[C@H](C)C2)[C@@H]1c1ccc([N+](=O)[O-])cc1. The van der Waals surface area contributed by atoms with Crippen molar-refractivity contribution in [2.24, 2.45) is 11.8 Å². The summed E-state index contributed by atoms with van der Waals surface area (Å²) in [6, 6.07) is 5.68.